The number of hydrogen-bond acceptors (Lipinski definition) is 4. The van der Waals surface area contributed by atoms with Gasteiger partial charge in [0.15, 0.2) is 0 Å². The Kier molecular flexibility index (Phi) is 14.9. The average Bonchev–Trinajstić information content (AvgIpc) is 1.53. The van der Waals surface area contributed by atoms with Gasteiger partial charge in [0.25, 0.3) is 11.8 Å². The number of anilines is 6. The van der Waals surface area contributed by atoms with Crippen LogP contribution >= 0.6 is 0 Å². The van der Waals surface area contributed by atoms with Gasteiger partial charge in [-0.1, -0.05) is 255 Å². The predicted octanol–water partition coefficient (Wildman–Crippen LogP) is 21.0. The zero-order valence-electron chi connectivity index (χ0n) is 50.8. The molecule has 6 heteroatoms. The van der Waals surface area contributed by atoms with Crippen molar-refractivity contribution < 1.29 is 9.59 Å². The zero-order chi connectivity index (χ0) is 61.3. The van der Waals surface area contributed by atoms with Gasteiger partial charge in [0.1, 0.15) is 0 Å². The maximum Gasteiger partial charge on any atom is 0.262 e. The summed E-state index contributed by atoms with van der Waals surface area (Å²) in [4.78, 5) is 41.2. The van der Waals surface area contributed by atoms with E-state index in [9.17, 15) is 0 Å². The molecule has 2 heterocycles. The Hall–Kier alpha value is -11.3. The second-order valence-electron chi connectivity index (χ2n) is 24.0. The molecule has 12 aromatic rings. The first-order valence-electron chi connectivity index (χ1n) is 30.7. The average molecular weight is 1160 g/mol. The normalized spacial score (nSPS) is 13.2. The molecule has 90 heavy (non-hydrogen) atoms. The lowest BCUT2D eigenvalue weighted by atomic mass is 9.90. The van der Waals surface area contributed by atoms with Crippen molar-refractivity contribution in [1.29, 1.82) is 0 Å². The maximum absolute atomic E-state index is 16.4. The molecule has 2 amide bonds. The number of fused-ring (bicyclic) bond motifs is 1. The zero-order valence-corrected chi connectivity index (χ0v) is 50.8. The molecule has 0 bridgehead atoms. The highest BCUT2D eigenvalue weighted by Gasteiger charge is 2.55. The van der Waals surface area contributed by atoms with E-state index < -0.39 is 11.1 Å². The summed E-state index contributed by atoms with van der Waals surface area (Å²) >= 11 is 0. The lowest BCUT2D eigenvalue weighted by Gasteiger charge is -2.41. The van der Waals surface area contributed by atoms with Crippen molar-refractivity contribution >= 4 is 57.3 Å². The van der Waals surface area contributed by atoms with Crippen LogP contribution in [0, 0.1) is 0 Å². The summed E-state index contributed by atoms with van der Waals surface area (Å²) in [5.74, 6) is -0.489. The second kappa shape index (κ2) is 23.7. The van der Waals surface area contributed by atoms with E-state index in [0.717, 1.165) is 101 Å². The fraction of sp³-hybridized carbons (Fsp3) is 0.0714. The van der Waals surface area contributed by atoms with E-state index in [4.69, 9.17) is 0 Å². The molecule has 14 rings (SSSR count). The first kappa shape index (κ1) is 56.5. The molecule has 0 saturated carbocycles. The summed E-state index contributed by atoms with van der Waals surface area (Å²) < 4.78 is 0. The Morgan fingerprint density at radius 1 is 0.233 bits per heavy atom. The molecule has 12 aromatic carbocycles. The number of carbonyl (C=O) groups is 2. The van der Waals surface area contributed by atoms with Crippen LogP contribution in [0.5, 0.6) is 0 Å². The molecule has 0 N–H and O–H groups in total. The Labute approximate surface area is 527 Å². The molecule has 434 valence electrons. The van der Waals surface area contributed by atoms with Gasteiger partial charge in [0.2, 0.25) is 0 Å². The van der Waals surface area contributed by atoms with Crippen molar-refractivity contribution in [3.05, 3.63) is 361 Å². The van der Waals surface area contributed by atoms with Crippen molar-refractivity contribution in [2.75, 3.05) is 9.80 Å². The number of nitrogens with zero attached hydrogens (tertiary/aromatic N) is 4. The summed E-state index contributed by atoms with van der Waals surface area (Å²) in [5.41, 5.74) is 18.0. The van der Waals surface area contributed by atoms with Crippen LogP contribution in [-0.2, 0) is 20.7 Å². The quantitative estimate of drug-likeness (QED) is 0.0967. The lowest BCUT2D eigenvalue weighted by molar-refractivity contribution is -0.127. The predicted molar refractivity (Wildman–Crippen MR) is 370 cm³/mol. The molecule has 6 nitrogen and oxygen atoms in total. The minimum atomic E-state index is -0.920. The van der Waals surface area contributed by atoms with Crippen LogP contribution in [0.25, 0.3) is 55.9 Å². The van der Waals surface area contributed by atoms with Crippen LogP contribution in [0.1, 0.15) is 49.9 Å². The summed E-state index contributed by atoms with van der Waals surface area (Å²) in [7, 11) is 0. The van der Waals surface area contributed by atoms with Gasteiger partial charge in [-0.2, -0.15) is 0 Å². The van der Waals surface area contributed by atoms with Gasteiger partial charge in [0.05, 0.1) is 33.6 Å². The number of carbonyl (C=O) groups excluding carboxylic acids is 2. The van der Waals surface area contributed by atoms with Gasteiger partial charge in [-0.3, -0.25) is 19.4 Å². The molecular weight excluding hydrogens is 1100 g/mol. The first-order chi connectivity index (χ1) is 44.0. The third-order valence-corrected chi connectivity index (χ3v) is 17.7. The molecule has 2 aliphatic rings. The van der Waals surface area contributed by atoms with Crippen LogP contribution in [0.15, 0.2) is 339 Å². The van der Waals surface area contributed by atoms with E-state index in [2.05, 4.69) is 304 Å². The third kappa shape index (κ3) is 10.5. The molecule has 0 saturated heterocycles. The molecule has 0 radical (unpaired) electrons. The van der Waals surface area contributed by atoms with E-state index in [0.29, 0.717) is 22.5 Å². The summed E-state index contributed by atoms with van der Waals surface area (Å²) in [6.45, 7) is 8.32. The minimum absolute atomic E-state index is 0.245. The molecule has 0 spiro atoms. The van der Waals surface area contributed by atoms with Crippen molar-refractivity contribution in [3.63, 3.8) is 0 Å². The fourth-order valence-electron chi connectivity index (χ4n) is 13.1. The second-order valence-corrected chi connectivity index (χ2v) is 24.0. The highest BCUT2D eigenvalue weighted by Crippen LogP contribution is 2.54. The standard InChI is InChI=1S/C84H66N4O2/c1-83(2,69-39-19-9-20-40-69)87-79(63-47-51-71(52-48-63)85(73-43-23-35-65(55-73)59-27-11-5-12-28-59)74-44-24-36-66(56-74)60-29-13-6-14-30-60)77-78(81(87)89)80(88(82(77)90)84(3,4)70-41-21-10-22-42-70)64-49-53-72(54-50-64)86(75-45-25-37-67(57-75)61-31-15-7-16-32-61)76-46-26-38-68(58-76)62-33-17-8-18-34-62/h5-58H,1-4H3. The smallest absolute Gasteiger partial charge is 0.262 e. The number of amides is 2. The van der Waals surface area contributed by atoms with E-state index in [1.54, 1.807) is 0 Å². The maximum atomic E-state index is 16.4. The summed E-state index contributed by atoms with van der Waals surface area (Å²) in [6, 6.07) is 113. The molecule has 2 aliphatic heterocycles. The Morgan fingerprint density at radius 2 is 0.467 bits per heavy atom. The largest absolute Gasteiger partial charge is 0.310 e. The van der Waals surface area contributed by atoms with Crippen LogP contribution in [0.2, 0.25) is 0 Å². The summed E-state index contributed by atoms with van der Waals surface area (Å²) in [6.07, 6.45) is 0. The van der Waals surface area contributed by atoms with Gasteiger partial charge >= 0.3 is 0 Å². The third-order valence-electron chi connectivity index (χ3n) is 17.7. The molecule has 0 fully saturated rings. The van der Waals surface area contributed by atoms with Crippen molar-refractivity contribution in [3.8, 4) is 44.5 Å². The van der Waals surface area contributed by atoms with E-state index in [1.165, 1.54) is 0 Å². The topological polar surface area (TPSA) is 47.1 Å². The van der Waals surface area contributed by atoms with E-state index >= 15 is 9.59 Å². The number of benzene rings is 12. The van der Waals surface area contributed by atoms with Crippen LogP contribution in [-0.4, -0.2) is 21.6 Å². The number of rotatable bonds is 16. The number of hydrogen-bond donors (Lipinski definition) is 0. The molecular formula is C84H66N4O2. The van der Waals surface area contributed by atoms with Gasteiger partial charge < -0.3 is 9.80 Å². The molecule has 0 atom stereocenters. The SMILES string of the molecule is CC(C)(c1ccccc1)N1C(=O)C2=C(c3ccc(N(c4cccc(-c5ccccc5)c4)c4cccc(-c5ccccc5)c4)cc3)N(C(C)(C)c3ccccc3)C(=O)C2=C1c1ccc(N(c2cccc(-c3ccccc3)c2)c2cccc(-c3ccccc3)c2)cc1. The highest BCUT2D eigenvalue weighted by atomic mass is 16.2. The monoisotopic (exact) mass is 1160 g/mol. The van der Waals surface area contributed by atoms with Gasteiger partial charge in [0, 0.05) is 34.1 Å². The van der Waals surface area contributed by atoms with E-state index in [1.807, 2.05) is 70.5 Å². The van der Waals surface area contributed by atoms with Crippen molar-refractivity contribution in [1.82, 2.24) is 9.80 Å². The summed E-state index contributed by atoms with van der Waals surface area (Å²) in [5, 5.41) is 0. The Balaban J connectivity index is 0.946. The molecule has 0 unspecified atom stereocenters. The highest BCUT2D eigenvalue weighted by molar-refractivity contribution is 6.30. The molecule has 0 aliphatic carbocycles. The van der Waals surface area contributed by atoms with Crippen molar-refractivity contribution in [2.24, 2.45) is 0 Å². The lowest BCUT2D eigenvalue weighted by Crippen LogP contribution is -2.45. The van der Waals surface area contributed by atoms with Gasteiger partial charge in [-0.05, 0) is 167 Å². The van der Waals surface area contributed by atoms with Gasteiger partial charge in [-0.25, -0.2) is 0 Å². The van der Waals surface area contributed by atoms with Crippen molar-refractivity contribution in [2.45, 2.75) is 38.8 Å². The molecule has 0 aromatic heterocycles. The Morgan fingerprint density at radius 3 is 0.722 bits per heavy atom. The van der Waals surface area contributed by atoms with Crippen LogP contribution < -0.4 is 9.80 Å². The van der Waals surface area contributed by atoms with Crippen LogP contribution in [0.3, 0.4) is 0 Å². The fourth-order valence-corrected chi connectivity index (χ4v) is 13.1. The Bertz CT molecular complexity index is 4190. The minimum Gasteiger partial charge on any atom is -0.310 e. The first-order valence-corrected chi connectivity index (χ1v) is 30.7. The van der Waals surface area contributed by atoms with E-state index in [-0.39, 0.29) is 11.8 Å². The van der Waals surface area contributed by atoms with Gasteiger partial charge in [-0.15, -0.1) is 0 Å². The van der Waals surface area contributed by atoms with Crippen LogP contribution in [0.4, 0.5) is 34.1 Å².